The minimum atomic E-state index is -0.306. The van der Waals surface area contributed by atoms with Crippen LogP contribution in [0.25, 0.3) is 0 Å². The highest BCUT2D eigenvalue weighted by molar-refractivity contribution is 5.84. The van der Waals surface area contributed by atoms with Crippen molar-refractivity contribution >= 4 is 5.78 Å². The molecular formula is C8H12O2. The molecule has 0 amide bonds. The van der Waals surface area contributed by atoms with E-state index in [0.29, 0.717) is 18.1 Å². The Balaban J connectivity index is 2.19. The summed E-state index contributed by atoms with van der Waals surface area (Å²) < 4.78 is 0. The fourth-order valence-electron chi connectivity index (χ4n) is 2.35. The molecule has 0 aromatic rings. The molecule has 0 saturated heterocycles. The minimum absolute atomic E-state index is 0.0278. The molecule has 3 atom stereocenters. The second kappa shape index (κ2) is 2.06. The van der Waals surface area contributed by atoms with Gasteiger partial charge in [-0.05, 0) is 25.2 Å². The third-order valence-electron chi connectivity index (χ3n) is 2.89. The standard InChI is InChI=1S/C8H12O2/c9-6-3-1-5-2-4-7(10)8(5)6/h5-6,8-9H,1-4H2/t5-,6-,8+/m1/s1. The van der Waals surface area contributed by atoms with Crippen molar-refractivity contribution in [2.75, 3.05) is 0 Å². The predicted molar refractivity (Wildman–Crippen MR) is 36.5 cm³/mol. The van der Waals surface area contributed by atoms with Gasteiger partial charge in [0.15, 0.2) is 0 Å². The van der Waals surface area contributed by atoms with E-state index in [9.17, 15) is 9.90 Å². The van der Waals surface area contributed by atoms with Crippen molar-refractivity contribution in [2.24, 2.45) is 11.8 Å². The summed E-state index contributed by atoms with van der Waals surface area (Å²) in [7, 11) is 0. The average molecular weight is 140 g/mol. The number of rotatable bonds is 0. The largest absolute Gasteiger partial charge is 0.392 e. The second-order valence-electron chi connectivity index (χ2n) is 3.44. The number of fused-ring (bicyclic) bond motifs is 1. The number of hydrogen-bond donors (Lipinski definition) is 1. The van der Waals surface area contributed by atoms with E-state index in [2.05, 4.69) is 0 Å². The predicted octanol–water partition coefficient (Wildman–Crippen LogP) is 0.736. The zero-order chi connectivity index (χ0) is 7.14. The van der Waals surface area contributed by atoms with Gasteiger partial charge in [0.05, 0.1) is 6.10 Å². The fraction of sp³-hybridized carbons (Fsp3) is 0.875. The van der Waals surface area contributed by atoms with Gasteiger partial charge in [0, 0.05) is 12.3 Å². The molecule has 2 heteroatoms. The number of Topliss-reactive ketones (excluding diaryl/α,β-unsaturated/α-hetero) is 1. The third-order valence-corrected chi connectivity index (χ3v) is 2.89. The quantitative estimate of drug-likeness (QED) is 0.538. The van der Waals surface area contributed by atoms with Gasteiger partial charge in [-0.25, -0.2) is 0 Å². The Morgan fingerprint density at radius 1 is 1.30 bits per heavy atom. The van der Waals surface area contributed by atoms with Crippen molar-refractivity contribution in [3.8, 4) is 0 Å². The Morgan fingerprint density at radius 3 is 2.80 bits per heavy atom. The molecule has 2 fully saturated rings. The van der Waals surface area contributed by atoms with Crippen LogP contribution in [0.3, 0.4) is 0 Å². The maximum absolute atomic E-state index is 11.1. The lowest BCUT2D eigenvalue weighted by Crippen LogP contribution is -2.21. The minimum Gasteiger partial charge on any atom is -0.392 e. The van der Waals surface area contributed by atoms with E-state index >= 15 is 0 Å². The van der Waals surface area contributed by atoms with Crippen molar-refractivity contribution in [1.29, 1.82) is 0 Å². The topological polar surface area (TPSA) is 37.3 Å². The molecule has 2 saturated carbocycles. The Hall–Kier alpha value is -0.370. The van der Waals surface area contributed by atoms with Gasteiger partial charge in [-0.1, -0.05) is 0 Å². The van der Waals surface area contributed by atoms with Crippen LogP contribution in [-0.4, -0.2) is 17.0 Å². The summed E-state index contributed by atoms with van der Waals surface area (Å²) in [6, 6.07) is 0. The summed E-state index contributed by atoms with van der Waals surface area (Å²) >= 11 is 0. The van der Waals surface area contributed by atoms with E-state index in [0.717, 1.165) is 19.3 Å². The molecule has 0 unspecified atom stereocenters. The van der Waals surface area contributed by atoms with Gasteiger partial charge in [0.25, 0.3) is 0 Å². The lowest BCUT2D eigenvalue weighted by atomic mass is 9.99. The molecule has 0 heterocycles. The SMILES string of the molecule is O=C1CC[C@H]2CC[C@@H](O)[C@@H]12. The van der Waals surface area contributed by atoms with Gasteiger partial charge in [0.1, 0.15) is 5.78 Å². The monoisotopic (exact) mass is 140 g/mol. The van der Waals surface area contributed by atoms with Gasteiger partial charge in [0.2, 0.25) is 0 Å². The van der Waals surface area contributed by atoms with Gasteiger partial charge in [-0.2, -0.15) is 0 Å². The molecule has 0 aromatic heterocycles. The molecule has 0 aliphatic heterocycles. The molecule has 10 heavy (non-hydrogen) atoms. The maximum Gasteiger partial charge on any atom is 0.138 e. The van der Waals surface area contributed by atoms with Gasteiger partial charge in [-0.15, -0.1) is 0 Å². The molecule has 2 aliphatic carbocycles. The Kier molecular flexibility index (Phi) is 1.31. The number of aliphatic hydroxyl groups excluding tert-OH is 1. The van der Waals surface area contributed by atoms with Gasteiger partial charge in [-0.3, -0.25) is 4.79 Å². The lowest BCUT2D eigenvalue weighted by molar-refractivity contribution is -0.123. The Bertz CT molecular complexity index is 165. The van der Waals surface area contributed by atoms with Crippen LogP contribution in [0.4, 0.5) is 0 Å². The zero-order valence-corrected chi connectivity index (χ0v) is 5.92. The molecule has 0 spiro atoms. The van der Waals surface area contributed by atoms with E-state index in [1.807, 2.05) is 0 Å². The van der Waals surface area contributed by atoms with Gasteiger partial charge < -0.3 is 5.11 Å². The first-order valence-corrected chi connectivity index (χ1v) is 4.00. The van der Waals surface area contributed by atoms with Crippen molar-refractivity contribution in [1.82, 2.24) is 0 Å². The number of carbonyl (C=O) groups excluding carboxylic acids is 1. The molecule has 2 rings (SSSR count). The summed E-state index contributed by atoms with van der Waals surface area (Å²) in [6.07, 6.45) is 3.35. The van der Waals surface area contributed by atoms with E-state index in [1.165, 1.54) is 0 Å². The summed E-state index contributed by atoms with van der Waals surface area (Å²) in [6.45, 7) is 0. The molecule has 1 N–H and O–H groups in total. The Morgan fingerprint density at radius 2 is 2.10 bits per heavy atom. The number of ketones is 1. The second-order valence-corrected chi connectivity index (χ2v) is 3.44. The van der Waals surface area contributed by atoms with Crippen LogP contribution in [0.2, 0.25) is 0 Å². The maximum atomic E-state index is 11.1. The zero-order valence-electron chi connectivity index (χ0n) is 5.92. The van der Waals surface area contributed by atoms with Crippen LogP contribution < -0.4 is 0 Å². The van der Waals surface area contributed by atoms with Gasteiger partial charge >= 0.3 is 0 Å². The summed E-state index contributed by atoms with van der Waals surface area (Å²) in [5.74, 6) is 0.859. The molecule has 0 radical (unpaired) electrons. The third kappa shape index (κ3) is 0.717. The Labute approximate surface area is 60.2 Å². The first-order valence-electron chi connectivity index (χ1n) is 4.00. The van der Waals surface area contributed by atoms with Crippen LogP contribution in [0.1, 0.15) is 25.7 Å². The molecular weight excluding hydrogens is 128 g/mol. The van der Waals surface area contributed by atoms with Crippen molar-refractivity contribution in [3.63, 3.8) is 0 Å². The molecule has 0 aromatic carbocycles. The summed E-state index contributed by atoms with van der Waals surface area (Å²) in [5, 5.41) is 9.35. The molecule has 2 aliphatic rings. The number of hydrogen-bond acceptors (Lipinski definition) is 2. The van der Waals surface area contributed by atoms with Crippen molar-refractivity contribution < 1.29 is 9.90 Å². The number of carbonyl (C=O) groups is 1. The van der Waals surface area contributed by atoms with Crippen LogP contribution >= 0.6 is 0 Å². The molecule has 0 bridgehead atoms. The number of aliphatic hydroxyl groups is 1. The summed E-state index contributed by atoms with van der Waals surface area (Å²) in [5.41, 5.74) is 0. The first-order chi connectivity index (χ1) is 4.79. The van der Waals surface area contributed by atoms with E-state index in [4.69, 9.17) is 0 Å². The lowest BCUT2D eigenvalue weighted by Gasteiger charge is -2.09. The van der Waals surface area contributed by atoms with Crippen LogP contribution in [0.5, 0.6) is 0 Å². The summed E-state index contributed by atoms with van der Waals surface area (Å²) in [4.78, 5) is 11.1. The van der Waals surface area contributed by atoms with Crippen LogP contribution in [0, 0.1) is 11.8 Å². The first kappa shape index (κ1) is 6.35. The normalized spacial score (nSPS) is 46.1. The molecule has 2 nitrogen and oxygen atoms in total. The van der Waals surface area contributed by atoms with E-state index in [1.54, 1.807) is 0 Å². The molecule has 56 valence electrons. The smallest absolute Gasteiger partial charge is 0.138 e. The van der Waals surface area contributed by atoms with E-state index < -0.39 is 0 Å². The van der Waals surface area contributed by atoms with Crippen molar-refractivity contribution in [2.45, 2.75) is 31.8 Å². The van der Waals surface area contributed by atoms with E-state index in [-0.39, 0.29) is 12.0 Å². The van der Waals surface area contributed by atoms with Crippen LogP contribution in [0.15, 0.2) is 0 Å². The fourth-order valence-corrected chi connectivity index (χ4v) is 2.35. The highest BCUT2D eigenvalue weighted by Gasteiger charge is 2.43. The average Bonchev–Trinajstić information content (AvgIpc) is 2.40. The van der Waals surface area contributed by atoms with Crippen LogP contribution in [-0.2, 0) is 4.79 Å². The highest BCUT2D eigenvalue weighted by atomic mass is 16.3. The van der Waals surface area contributed by atoms with Crippen molar-refractivity contribution in [3.05, 3.63) is 0 Å². The highest BCUT2D eigenvalue weighted by Crippen LogP contribution is 2.41.